The van der Waals surface area contributed by atoms with E-state index in [1.54, 1.807) is 4.90 Å². The molecular formula is C19H27N3O2S. The summed E-state index contributed by atoms with van der Waals surface area (Å²) in [6, 6.07) is 2.18. The van der Waals surface area contributed by atoms with E-state index in [9.17, 15) is 9.59 Å². The lowest BCUT2D eigenvalue weighted by Crippen LogP contribution is -2.49. The van der Waals surface area contributed by atoms with Gasteiger partial charge in [0.05, 0.1) is 11.4 Å². The van der Waals surface area contributed by atoms with E-state index >= 15 is 0 Å². The molecule has 1 N–H and O–H groups in total. The van der Waals surface area contributed by atoms with E-state index in [2.05, 4.69) is 24.1 Å². The standard InChI is InChI=1S/C19H27N3O2S/c1-11-6-5-7-15(14(11)4)21-16(23)9-22-17(24)10-25-19-18(22)12(2)8-13(3)20-19/h8,11,14-15H,5-7,9-10H2,1-4H3,(H,21,23). The van der Waals surface area contributed by atoms with Crippen LogP contribution in [0.15, 0.2) is 11.1 Å². The number of nitrogens with one attached hydrogen (secondary N) is 1. The van der Waals surface area contributed by atoms with Crippen molar-refractivity contribution in [2.24, 2.45) is 11.8 Å². The molecule has 3 unspecified atom stereocenters. The summed E-state index contributed by atoms with van der Waals surface area (Å²) in [7, 11) is 0. The quantitative estimate of drug-likeness (QED) is 0.899. The van der Waals surface area contributed by atoms with E-state index in [4.69, 9.17) is 0 Å². The third-order valence-corrected chi connectivity index (χ3v) is 6.49. The van der Waals surface area contributed by atoms with Gasteiger partial charge in [0.2, 0.25) is 11.8 Å². The van der Waals surface area contributed by atoms with Gasteiger partial charge in [-0.25, -0.2) is 4.98 Å². The lowest BCUT2D eigenvalue weighted by atomic mass is 9.78. The second-order valence-corrected chi connectivity index (χ2v) is 8.41. The number of hydrogen-bond donors (Lipinski definition) is 1. The first-order chi connectivity index (χ1) is 11.9. The molecule has 2 aliphatic rings. The number of fused-ring (bicyclic) bond motifs is 1. The fourth-order valence-corrected chi connectivity index (χ4v) is 4.94. The van der Waals surface area contributed by atoms with Gasteiger partial charge in [0.25, 0.3) is 0 Å². The Balaban J connectivity index is 1.74. The van der Waals surface area contributed by atoms with Gasteiger partial charge in [0, 0.05) is 11.7 Å². The number of nitrogens with zero attached hydrogens (tertiary/aromatic N) is 2. The molecule has 0 spiro atoms. The van der Waals surface area contributed by atoms with Crippen LogP contribution >= 0.6 is 11.8 Å². The fourth-order valence-electron chi connectivity index (χ4n) is 3.91. The molecule has 0 saturated heterocycles. The van der Waals surface area contributed by atoms with E-state index in [-0.39, 0.29) is 24.4 Å². The van der Waals surface area contributed by atoms with Crippen LogP contribution in [0.3, 0.4) is 0 Å². The molecule has 136 valence electrons. The maximum atomic E-state index is 12.6. The number of rotatable bonds is 3. The highest BCUT2D eigenvalue weighted by atomic mass is 32.2. The van der Waals surface area contributed by atoms with Crippen molar-refractivity contribution in [1.29, 1.82) is 0 Å². The molecule has 1 aliphatic carbocycles. The van der Waals surface area contributed by atoms with Gasteiger partial charge in [-0.1, -0.05) is 38.5 Å². The van der Waals surface area contributed by atoms with Crippen molar-refractivity contribution in [3.8, 4) is 0 Å². The first kappa shape index (κ1) is 18.2. The number of pyridine rings is 1. The number of amides is 2. The van der Waals surface area contributed by atoms with Gasteiger partial charge < -0.3 is 5.32 Å². The highest BCUT2D eigenvalue weighted by Crippen LogP contribution is 2.36. The highest BCUT2D eigenvalue weighted by Gasteiger charge is 2.32. The number of carbonyl (C=O) groups is 2. The molecule has 1 fully saturated rings. The van der Waals surface area contributed by atoms with Crippen molar-refractivity contribution in [2.45, 2.75) is 58.0 Å². The molecule has 3 atom stereocenters. The molecule has 0 radical (unpaired) electrons. The number of aromatic nitrogens is 1. The Kier molecular flexibility index (Phi) is 5.37. The van der Waals surface area contributed by atoms with Gasteiger partial charge in [0.1, 0.15) is 11.6 Å². The summed E-state index contributed by atoms with van der Waals surface area (Å²) in [4.78, 5) is 31.2. The first-order valence-corrected chi connectivity index (χ1v) is 10.1. The lowest BCUT2D eigenvalue weighted by Gasteiger charge is -2.35. The number of hydrogen-bond acceptors (Lipinski definition) is 4. The predicted molar refractivity (Wildman–Crippen MR) is 101 cm³/mol. The third-order valence-electron chi connectivity index (χ3n) is 5.54. The van der Waals surface area contributed by atoms with Crippen LogP contribution in [0.4, 0.5) is 5.69 Å². The van der Waals surface area contributed by atoms with Crippen LogP contribution < -0.4 is 10.2 Å². The Morgan fingerprint density at radius 1 is 1.36 bits per heavy atom. The summed E-state index contributed by atoms with van der Waals surface area (Å²) in [5.74, 6) is 1.35. The molecule has 1 aromatic rings. The zero-order valence-corrected chi connectivity index (χ0v) is 16.3. The first-order valence-electron chi connectivity index (χ1n) is 9.07. The topological polar surface area (TPSA) is 62.3 Å². The van der Waals surface area contributed by atoms with Crippen molar-refractivity contribution in [3.05, 3.63) is 17.3 Å². The molecule has 5 nitrogen and oxygen atoms in total. The molecular weight excluding hydrogens is 334 g/mol. The molecule has 25 heavy (non-hydrogen) atoms. The van der Waals surface area contributed by atoms with Crippen LogP contribution in [0.25, 0.3) is 0 Å². The number of thioether (sulfide) groups is 1. The van der Waals surface area contributed by atoms with Crippen LogP contribution in [0.5, 0.6) is 0 Å². The molecule has 1 aliphatic heterocycles. The van der Waals surface area contributed by atoms with E-state index in [0.29, 0.717) is 17.6 Å². The average molecular weight is 362 g/mol. The summed E-state index contributed by atoms with van der Waals surface area (Å²) >= 11 is 1.46. The van der Waals surface area contributed by atoms with Gasteiger partial charge in [-0.15, -0.1) is 0 Å². The zero-order chi connectivity index (χ0) is 18.1. The molecule has 2 amide bonds. The molecule has 3 rings (SSSR count). The van der Waals surface area contributed by atoms with Crippen LogP contribution in [-0.4, -0.2) is 35.1 Å². The van der Waals surface area contributed by atoms with Crippen molar-refractivity contribution in [1.82, 2.24) is 10.3 Å². The molecule has 0 bridgehead atoms. The van der Waals surface area contributed by atoms with Crippen LogP contribution in [-0.2, 0) is 9.59 Å². The molecule has 1 saturated carbocycles. The smallest absolute Gasteiger partial charge is 0.240 e. The number of anilines is 1. The zero-order valence-electron chi connectivity index (χ0n) is 15.5. The molecule has 6 heteroatoms. The van der Waals surface area contributed by atoms with Gasteiger partial charge in [-0.3, -0.25) is 14.5 Å². The molecule has 1 aromatic heterocycles. The summed E-state index contributed by atoms with van der Waals surface area (Å²) in [5, 5.41) is 4.02. The Morgan fingerprint density at radius 2 is 2.12 bits per heavy atom. The Morgan fingerprint density at radius 3 is 2.88 bits per heavy atom. The van der Waals surface area contributed by atoms with Gasteiger partial charge >= 0.3 is 0 Å². The largest absolute Gasteiger partial charge is 0.352 e. The summed E-state index contributed by atoms with van der Waals surface area (Å²) in [5.41, 5.74) is 2.73. The normalized spacial score (nSPS) is 26.3. The predicted octanol–water partition coefficient (Wildman–Crippen LogP) is 3.08. The van der Waals surface area contributed by atoms with Gasteiger partial charge in [-0.05, 0) is 43.7 Å². The maximum Gasteiger partial charge on any atom is 0.240 e. The van der Waals surface area contributed by atoms with E-state index in [1.165, 1.54) is 18.2 Å². The van der Waals surface area contributed by atoms with Gasteiger partial charge in [-0.2, -0.15) is 0 Å². The van der Waals surface area contributed by atoms with Crippen molar-refractivity contribution < 1.29 is 9.59 Å². The summed E-state index contributed by atoms with van der Waals surface area (Å²) in [6.45, 7) is 8.47. The minimum absolute atomic E-state index is 0.0218. The Hall–Kier alpha value is -1.56. The Bertz CT molecular complexity index is 691. The summed E-state index contributed by atoms with van der Waals surface area (Å²) in [6.07, 6.45) is 3.41. The molecule has 2 heterocycles. The second kappa shape index (κ2) is 7.36. The SMILES string of the molecule is Cc1cc(C)c2c(n1)SCC(=O)N2CC(=O)NC1CCCC(C)C1C. The monoisotopic (exact) mass is 361 g/mol. The van der Waals surface area contributed by atoms with Gasteiger partial charge in [0.15, 0.2) is 0 Å². The van der Waals surface area contributed by atoms with Crippen LogP contribution in [0.1, 0.15) is 44.4 Å². The Labute approximate surface area is 154 Å². The maximum absolute atomic E-state index is 12.6. The minimum atomic E-state index is -0.0721. The van der Waals surface area contributed by atoms with Crippen LogP contribution in [0, 0.1) is 25.7 Å². The summed E-state index contributed by atoms with van der Waals surface area (Å²) < 4.78 is 0. The number of aryl methyl sites for hydroxylation is 2. The van der Waals surface area contributed by atoms with E-state index in [0.717, 1.165) is 34.8 Å². The third kappa shape index (κ3) is 3.84. The lowest BCUT2D eigenvalue weighted by molar-refractivity contribution is -0.124. The fraction of sp³-hybridized carbons (Fsp3) is 0.632. The molecule has 0 aromatic carbocycles. The van der Waals surface area contributed by atoms with Crippen LogP contribution in [0.2, 0.25) is 0 Å². The minimum Gasteiger partial charge on any atom is -0.352 e. The van der Waals surface area contributed by atoms with Crippen molar-refractivity contribution >= 4 is 29.3 Å². The van der Waals surface area contributed by atoms with Crippen molar-refractivity contribution in [2.75, 3.05) is 17.2 Å². The second-order valence-electron chi connectivity index (χ2n) is 7.44. The van der Waals surface area contributed by atoms with E-state index in [1.807, 2.05) is 19.9 Å². The average Bonchev–Trinajstić information content (AvgIpc) is 2.54. The number of carbonyl (C=O) groups excluding carboxylic acids is 2. The highest BCUT2D eigenvalue weighted by molar-refractivity contribution is 8.00. The van der Waals surface area contributed by atoms with E-state index < -0.39 is 0 Å². The van der Waals surface area contributed by atoms with Crippen molar-refractivity contribution in [3.63, 3.8) is 0 Å².